The molecule has 2 aliphatic rings. The van der Waals surface area contributed by atoms with Crippen LogP contribution < -0.4 is 5.32 Å². The van der Waals surface area contributed by atoms with E-state index in [4.69, 9.17) is 0 Å². The molecule has 0 amide bonds. The van der Waals surface area contributed by atoms with Crippen LogP contribution in [0.4, 0.5) is 0 Å². The topological polar surface area (TPSA) is 18.5 Å². The first kappa shape index (κ1) is 12.3. The van der Waals surface area contributed by atoms with Crippen molar-refractivity contribution < 1.29 is 0 Å². The van der Waals surface area contributed by atoms with Crippen LogP contribution in [0.2, 0.25) is 0 Å². The Kier molecular flexibility index (Phi) is 4.62. The molecule has 0 aromatic heterocycles. The highest BCUT2D eigenvalue weighted by molar-refractivity contribution is 4.81. The lowest BCUT2D eigenvalue weighted by Gasteiger charge is -2.35. The van der Waals surface area contributed by atoms with E-state index in [-0.39, 0.29) is 0 Å². The Morgan fingerprint density at radius 3 is 2.25 bits per heavy atom. The van der Waals surface area contributed by atoms with Gasteiger partial charge < -0.3 is 10.2 Å². The molecular formula is C13H27N3. The van der Waals surface area contributed by atoms with E-state index in [1.165, 1.54) is 58.7 Å². The van der Waals surface area contributed by atoms with Gasteiger partial charge in [-0.15, -0.1) is 0 Å². The van der Waals surface area contributed by atoms with Gasteiger partial charge in [0.2, 0.25) is 0 Å². The van der Waals surface area contributed by atoms with Crippen molar-refractivity contribution in [2.24, 2.45) is 5.92 Å². The summed E-state index contributed by atoms with van der Waals surface area (Å²) in [6, 6.07) is 0.863. The molecule has 1 saturated heterocycles. The summed E-state index contributed by atoms with van der Waals surface area (Å²) in [5, 5.41) is 3.59. The molecule has 1 aliphatic carbocycles. The normalized spacial score (nSPS) is 24.2. The number of nitrogens with one attached hydrogen (secondary N) is 1. The molecule has 1 aliphatic heterocycles. The number of hydrogen-bond acceptors (Lipinski definition) is 3. The second kappa shape index (κ2) is 5.99. The average Bonchev–Trinajstić information content (AvgIpc) is 3.04. The second-order valence-corrected chi connectivity index (χ2v) is 5.76. The number of hydrogen-bond donors (Lipinski definition) is 1. The first-order chi connectivity index (χ1) is 7.74. The molecule has 0 unspecified atom stereocenters. The van der Waals surface area contributed by atoms with Crippen LogP contribution in [-0.4, -0.2) is 61.7 Å². The first-order valence-corrected chi connectivity index (χ1v) is 6.92. The largest absolute Gasteiger partial charge is 0.313 e. The second-order valence-electron chi connectivity index (χ2n) is 5.76. The van der Waals surface area contributed by atoms with Crippen LogP contribution >= 0.6 is 0 Å². The maximum Gasteiger partial charge on any atom is 0.0110 e. The highest BCUT2D eigenvalue weighted by atomic mass is 15.3. The van der Waals surface area contributed by atoms with Gasteiger partial charge in [-0.3, -0.25) is 4.90 Å². The van der Waals surface area contributed by atoms with Gasteiger partial charge in [-0.2, -0.15) is 0 Å². The smallest absolute Gasteiger partial charge is 0.0110 e. The molecule has 2 rings (SSSR count). The fraction of sp³-hybridized carbons (Fsp3) is 1.00. The maximum absolute atomic E-state index is 3.59. The predicted octanol–water partition coefficient (Wildman–Crippen LogP) is 1.01. The van der Waals surface area contributed by atoms with Crippen LogP contribution in [0.15, 0.2) is 0 Å². The molecule has 2 fully saturated rings. The Labute approximate surface area is 100 Å². The maximum atomic E-state index is 3.59. The molecule has 1 saturated carbocycles. The van der Waals surface area contributed by atoms with Crippen LogP contribution in [-0.2, 0) is 0 Å². The number of nitrogens with zero attached hydrogens (tertiary/aromatic N) is 2. The third-order valence-corrected chi connectivity index (χ3v) is 3.53. The SMILES string of the molecule is CC(C)CN1CCN(CCNC2CC2)CC1. The van der Waals surface area contributed by atoms with Gasteiger partial charge in [0.05, 0.1) is 0 Å². The van der Waals surface area contributed by atoms with Crippen LogP contribution in [0.25, 0.3) is 0 Å². The lowest BCUT2D eigenvalue weighted by molar-refractivity contribution is 0.123. The Morgan fingerprint density at radius 1 is 1.06 bits per heavy atom. The minimum Gasteiger partial charge on any atom is -0.313 e. The molecule has 0 bridgehead atoms. The standard InChI is InChI=1S/C13H27N3/c1-12(2)11-16-9-7-15(8-10-16)6-5-14-13-3-4-13/h12-14H,3-11H2,1-2H3. The fourth-order valence-electron chi connectivity index (χ4n) is 2.43. The van der Waals surface area contributed by atoms with E-state index >= 15 is 0 Å². The molecule has 3 heteroatoms. The summed E-state index contributed by atoms with van der Waals surface area (Å²) in [5.74, 6) is 0.808. The van der Waals surface area contributed by atoms with Crippen LogP contribution in [0, 0.1) is 5.92 Å². The van der Waals surface area contributed by atoms with Crippen molar-refractivity contribution in [1.29, 1.82) is 0 Å². The molecule has 3 nitrogen and oxygen atoms in total. The monoisotopic (exact) mass is 225 g/mol. The minimum absolute atomic E-state index is 0.808. The summed E-state index contributed by atoms with van der Waals surface area (Å²) in [6.07, 6.45) is 2.81. The van der Waals surface area contributed by atoms with Crippen LogP contribution in [0.5, 0.6) is 0 Å². The van der Waals surface area contributed by atoms with Crippen molar-refractivity contribution in [2.45, 2.75) is 32.7 Å². The highest BCUT2D eigenvalue weighted by Gasteiger charge is 2.21. The van der Waals surface area contributed by atoms with E-state index in [2.05, 4.69) is 29.0 Å². The van der Waals surface area contributed by atoms with Crippen molar-refractivity contribution in [1.82, 2.24) is 15.1 Å². The lowest BCUT2D eigenvalue weighted by atomic mass is 10.2. The molecule has 0 spiro atoms. The van der Waals surface area contributed by atoms with Gasteiger partial charge in [0.25, 0.3) is 0 Å². The van der Waals surface area contributed by atoms with Crippen LogP contribution in [0.3, 0.4) is 0 Å². The Bertz CT molecular complexity index is 193. The van der Waals surface area contributed by atoms with Gasteiger partial charge in [0.15, 0.2) is 0 Å². The molecule has 0 aromatic rings. The van der Waals surface area contributed by atoms with Gasteiger partial charge in [-0.1, -0.05) is 13.8 Å². The van der Waals surface area contributed by atoms with Crippen LogP contribution in [0.1, 0.15) is 26.7 Å². The quantitative estimate of drug-likeness (QED) is 0.728. The molecule has 0 atom stereocenters. The van der Waals surface area contributed by atoms with Gasteiger partial charge in [-0.25, -0.2) is 0 Å². The zero-order valence-corrected chi connectivity index (χ0v) is 10.9. The third kappa shape index (κ3) is 4.40. The molecular weight excluding hydrogens is 198 g/mol. The summed E-state index contributed by atoms with van der Waals surface area (Å²) < 4.78 is 0. The minimum atomic E-state index is 0.808. The summed E-state index contributed by atoms with van der Waals surface area (Å²) in [5.41, 5.74) is 0. The van der Waals surface area contributed by atoms with Gasteiger partial charge >= 0.3 is 0 Å². The van der Waals surface area contributed by atoms with Gasteiger partial charge in [0.1, 0.15) is 0 Å². The van der Waals surface area contributed by atoms with Crippen molar-refractivity contribution in [2.75, 3.05) is 45.8 Å². The summed E-state index contributed by atoms with van der Waals surface area (Å²) in [6.45, 7) is 13.4. The molecule has 94 valence electrons. The molecule has 0 radical (unpaired) electrons. The van der Waals surface area contributed by atoms with E-state index in [1.807, 2.05) is 0 Å². The molecule has 1 N–H and O–H groups in total. The van der Waals surface area contributed by atoms with E-state index < -0.39 is 0 Å². The number of piperazine rings is 1. The molecule has 0 aromatic carbocycles. The zero-order chi connectivity index (χ0) is 11.4. The van der Waals surface area contributed by atoms with E-state index in [0.29, 0.717) is 0 Å². The van der Waals surface area contributed by atoms with Crippen molar-refractivity contribution in [3.8, 4) is 0 Å². The van der Waals surface area contributed by atoms with Crippen molar-refractivity contribution in [3.63, 3.8) is 0 Å². The fourth-order valence-corrected chi connectivity index (χ4v) is 2.43. The third-order valence-electron chi connectivity index (χ3n) is 3.53. The van der Waals surface area contributed by atoms with E-state index in [1.54, 1.807) is 0 Å². The van der Waals surface area contributed by atoms with Gasteiger partial charge in [0, 0.05) is 51.9 Å². The predicted molar refractivity (Wildman–Crippen MR) is 68.7 cm³/mol. The lowest BCUT2D eigenvalue weighted by Crippen LogP contribution is -2.48. The Balaban J connectivity index is 1.53. The molecule has 16 heavy (non-hydrogen) atoms. The first-order valence-electron chi connectivity index (χ1n) is 6.92. The van der Waals surface area contributed by atoms with E-state index in [0.717, 1.165) is 12.0 Å². The summed E-state index contributed by atoms with van der Waals surface area (Å²) in [7, 11) is 0. The van der Waals surface area contributed by atoms with Crippen molar-refractivity contribution in [3.05, 3.63) is 0 Å². The Morgan fingerprint density at radius 2 is 1.69 bits per heavy atom. The van der Waals surface area contributed by atoms with Crippen molar-refractivity contribution >= 4 is 0 Å². The highest BCUT2D eigenvalue weighted by Crippen LogP contribution is 2.18. The van der Waals surface area contributed by atoms with E-state index in [9.17, 15) is 0 Å². The number of rotatable bonds is 6. The summed E-state index contributed by atoms with van der Waals surface area (Å²) in [4.78, 5) is 5.21. The zero-order valence-electron chi connectivity index (χ0n) is 10.9. The van der Waals surface area contributed by atoms with Gasteiger partial charge in [-0.05, 0) is 18.8 Å². The average molecular weight is 225 g/mol. The Hall–Kier alpha value is -0.120. The summed E-state index contributed by atoms with van der Waals surface area (Å²) >= 11 is 0. The molecule has 1 heterocycles.